The van der Waals surface area contributed by atoms with Crippen molar-refractivity contribution in [1.82, 2.24) is 10.6 Å². The lowest BCUT2D eigenvalue weighted by Gasteiger charge is -2.28. The molecule has 1 aromatic carbocycles. The van der Waals surface area contributed by atoms with E-state index in [4.69, 9.17) is 0 Å². The van der Waals surface area contributed by atoms with E-state index < -0.39 is 0 Å². The molecule has 0 bridgehead atoms. The van der Waals surface area contributed by atoms with Crippen molar-refractivity contribution in [2.45, 2.75) is 38.3 Å². The van der Waals surface area contributed by atoms with Gasteiger partial charge in [0.05, 0.1) is 6.42 Å². The Morgan fingerprint density at radius 2 is 2.32 bits per heavy atom. The van der Waals surface area contributed by atoms with Gasteiger partial charge in [-0.15, -0.1) is 12.4 Å². The first-order valence-electron chi connectivity index (χ1n) is 6.40. The Hall–Kier alpha value is -0.330. The third-order valence-corrected chi connectivity index (χ3v) is 3.91. The van der Waals surface area contributed by atoms with Gasteiger partial charge in [0.2, 0.25) is 5.91 Å². The number of halogens is 2. The summed E-state index contributed by atoms with van der Waals surface area (Å²) in [5.41, 5.74) is 1.08. The van der Waals surface area contributed by atoms with Crippen LogP contribution in [0, 0.1) is 3.57 Å². The van der Waals surface area contributed by atoms with Gasteiger partial charge in [-0.25, -0.2) is 0 Å². The van der Waals surface area contributed by atoms with Gasteiger partial charge in [0.1, 0.15) is 0 Å². The number of piperidine rings is 1. The van der Waals surface area contributed by atoms with Crippen LogP contribution in [0.15, 0.2) is 24.3 Å². The number of carbonyl (C=O) groups excluding carboxylic acids is 1. The van der Waals surface area contributed by atoms with Gasteiger partial charge in [0.25, 0.3) is 0 Å². The number of carbonyl (C=O) groups is 1. The highest BCUT2D eigenvalue weighted by Gasteiger charge is 2.19. The first kappa shape index (κ1) is 16.7. The molecule has 3 nitrogen and oxygen atoms in total. The van der Waals surface area contributed by atoms with E-state index in [2.05, 4.69) is 46.2 Å². The maximum Gasteiger partial charge on any atom is 0.224 e. The number of amides is 1. The van der Waals surface area contributed by atoms with E-state index in [1.54, 1.807) is 0 Å². The predicted octanol–water partition coefficient (Wildman–Crippen LogP) is 2.51. The van der Waals surface area contributed by atoms with Crippen molar-refractivity contribution >= 4 is 40.9 Å². The molecule has 1 heterocycles. The number of rotatable bonds is 3. The maximum atomic E-state index is 12.0. The van der Waals surface area contributed by atoms with E-state index >= 15 is 0 Å². The van der Waals surface area contributed by atoms with Gasteiger partial charge in [-0.2, -0.15) is 0 Å². The third-order valence-electron chi connectivity index (χ3n) is 3.24. The summed E-state index contributed by atoms with van der Waals surface area (Å²) in [6.07, 6.45) is 2.54. The van der Waals surface area contributed by atoms with Crippen LogP contribution in [0.2, 0.25) is 0 Å². The van der Waals surface area contributed by atoms with Crippen LogP contribution in [0.25, 0.3) is 0 Å². The Bertz CT molecular complexity index is 428. The Balaban J connectivity index is 0.00000180. The van der Waals surface area contributed by atoms with E-state index in [-0.39, 0.29) is 18.3 Å². The highest BCUT2D eigenvalue weighted by atomic mass is 127. The second-order valence-electron chi connectivity index (χ2n) is 4.95. The summed E-state index contributed by atoms with van der Waals surface area (Å²) in [6, 6.07) is 8.93. The summed E-state index contributed by atoms with van der Waals surface area (Å²) >= 11 is 2.27. The van der Waals surface area contributed by atoms with Crippen molar-refractivity contribution in [3.8, 4) is 0 Å². The summed E-state index contributed by atoms with van der Waals surface area (Å²) in [6.45, 7) is 3.16. The first-order chi connectivity index (χ1) is 8.63. The molecule has 1 saturated heterocycles. The molecule has 2 rings (SSSR count). The highest BCUT2D eigenvalue weighted by Crippen LogP contribution is 2.10. The van der Waals surface area contributed by atoms with Crippen LogP contribution in [0.1, 0.15) is 25.3 Å². The normalized spacial score (nSPS) is 22.4. The Labute approximate surface area is 134 Å². The summed E-state index contributed by atoms with van der Waals surface area (Å²) < 4.78 is 1.17. The molecule has 0 aliphatic carbocycles. The van der Waals surface area contributed by atoms with Gasteiger partial charge in [-0.05, 0) is 66.6 Å². The van der Waals surface area contributed by atoms with E-state index in [0.29, 0.717) is 18.5 Å². The van der Waals surface area contributed by atoms with Crippen LogP contribution < -0.4 is 10.6 Å². The van der Waals surface area contributed by atoms with Crippen LogP contribution in [-0.2, 0) is 11.2 Å². The van der Waals surface area contributed by atoms with Gasteiger partial charge in [-0.3, -0.25) is 4.79 Å². The third kappa shape index (κ3) is 5.67. The molecule has 5 heteroatoms. The second kappa shape index (κ2) is 8.07. The zero-order valence-electron chi connectivity index (χ0n) is 11.0. The molecular weight excluding hydrogens is 375 g/mol. The van der Waals surface area contributed by atoms with Crippen molar-refractivity contribution in [3.05, 3.63) is 33.4 Å². The van der Waals surface area contributed by atoms with Crippen LogP contribution in [-0.4, -0.2) is 24.5 Å². The number of hydrogen-bond donors (Lipinski definition) is 2. The molecule has 106 valence electrons. The lowest BCUT2D eigenvalue weighted by atomic mass is 10.0. The summed E-state index contributed by atoms with van der Waals surface area (Å²) in [4.78, 5) is 12.0. The maximum absolute atomic E-state index is 12.0. The zero-order valence-corrected chi connectivity index (χ0v) is 14.0. The molecule has 1 aliphatic rings. The van der Waals surface area contributed by atoms with Crippen LogP contribution >= 0.6 is 35.0 Å². The number of nitrogens with one attached hydrogen (secondary N) is 2. The zero-order chi connectivity index (χ0) is 13.0. The summed E-state index contributed by atoms with van der Waals surface area (Å²) in [5.74, 6) is 0.135. The molecule has 19 heavy (non-hydrogen) atoms. The molecule has 0 radical (unpaired) electrons. The lowest BCUT2D eigenvalue weighted by molar-refractivity contribution is -0.121. The fraction of sp³-hybridized carbons (Fsp3) is 0.500. The quantitative estimate of drug-likeness (QED) is 0.774. The SMILES string of the molecule is CC1CC(NC(=O)Cc2cccc(I)c2)CCN1.Cl. The topological polar surface area (TPSA) is 41.1 Å². The molecule has 0 aromatic heterocycles. The van der Waals surface area contributed by atoms with E-state index in [1.165, 1.54) is 3.57 Å². The van der Waals surface area contributed by atoms with Crippen LogP contribution in [0.3, 0.4) is 0 Å². The average Bonchev–Trinajstić information content (AvgIpc) is 2.28. The summed E-state index contributed by atoms with van der Waals surface area (Å²) in [5, 5.41) is 6.53. The minimum Gasteiger partial charge on any atom is -0.353 e. The molecule has 0 spiro atoms. The largest absolute Gasteiger partial charge is 0.353 e. The molecule has 1 aliphatic heterocycles. The minimum atomic E-state index is 0. The fourth-order valence-electron chi connectivity index (χ4n) is 2.37. The minimum absolute atomic E-state index is 0. The van der Waals surface area contributed by atoms with E-state index in [9.17, 15) is 4.79 Å². The van der Waals surface area contributed by atoms with Gasteiger partial charge >= 0.3 is 0 Å². The van der Waals surface area contributed by atoms with Crippen molar-refractivity contribution in [3.63, 3.8) is 0 Å². The van der Waals surface area contributed by atoms with Crippen LogP contribution in [0.4, 0.5) is 0 Å². The molecular formula is C14H20ClIN2O. The van der Waals surface area contributed by atoms with Crippen molar-refractivity contribution < 1.29 is 4.79 Å². The number of hydrogen-bond acceptors (Lipinski definition) is 2. The molecule has 0 saturated carbocycles. The van der Waals surface area contributed by atoms with Gasteiger partial charge in [0, 0.05) is 15.7 Å². The fourth-order valence-corrected chi connectivity index (χ4v) is 2.98. The molecule has 1 aromatic rings. The Morgan fingerprint density at radius 1 is 1.53 bits per heavy atom. The van der Waals surface area contributed by atoms with Gasteiger partial charge < -0.3 is 10.6 Å². The van der Waals surface area contributed by atoms with Crippen molar-refractivity contribution in [2.24, 2.45) is 0 Å². The second-order valence-corrected chi connectivity index (χ2v) is 6.20. The molecule has 2 unspecified atom stereocenters. The van der Waals surface area contributed by atoms with Gasteiger partial charge in [-0.1, -0.05) is 12.1 Å². The molecule has 2 N–H and O–H groups in total. The van der Waals surface area contributed by atoms with Crippen molar-refractivity contribution in [1.29, 1.82) is 0 Å². The summed E-state index contributed by atoms with van der Waals surface area (Å²) in [7, 11) is 0. The predicted molar refractivity (Wildman–Crippen MR) is 88.7 cm³/mol. The van der Waals surface area contributed by atoms with E-state index in [1.807, 2.05) is 18.2 Å². The molecule has 1 amide bonds. The van der Waals surface area contributed by atoms with Crippen molar-refractivity contribution in [2.75, 3.05) is 6.54 Å². The highest BCUT2D eigenvalue weighted by molar-refractivity contribution is 14.1. The smallest absolute Gasteiger partial charge is 0.224 e. The monoisotopic (exact) mass is 394 g/mol. The molecule has 1 fully saturated rings. The average molecular weight is 395 g/mol. The number of benzene rings is 1. The van der Waals surface area contributed by atoms with Crippen LogP contribution in [0.5, 0.6) is 0 Å². The standard InChI is InChI=1S/C14H19IN2O.ClH/c1-10-7-13(5-6-16-10)17-14(18)9-11-3-2-4-12(15)8-11;/h2-4,8,10,13,16H,5-7,9H2,1H3,(H,17,18);1H. The Morgan fingerprint density at radius 3 is 3.00 bits per heavy atom. The van der Waals surface area contributed by atoms with E-state index in [0.717, 1.165) is 24.9 Å². The Kier molecular flexibility index (Phi) is 7.10. The molecule has 2 atom stereocenters. The van der Waals surface area contributed by atoms with Gasteiger partial charge in [0.15, 0.2) is 0 Å². The lowest BCUT2D eigenvalue weighted by Crippen LogP contribution is -2.46. The first-order valence-corrected chi connectivity index (χ1v) is 7.48.